The van der Waals surface area contributed by atoms with Crippen molar-refractivity contribution < 1.29 is 5.11 Å². The Labute approximate surface area is 76.8 Å². The summed E-state index contributed by atoms with van der Waals surface area (Å²) in [7, 11) is 0. The van der Waals surface area contributed by atoms with Crippen LogP contribution in [0.1, 0.15) is 18.4 Å². The Hall–Kier alpha value is -0.470. The number of thioether (sulfide) groups is 1. The van der Waals surface area contributed by atoms with Gasteiger partial charge in [-0.2, -0.15) is 0 Å². The standard InChI is InChI=1S/C10H12OS/c1-7-8-4-2-3-5-10(8)12-6-9(7)11/h2-5,7,9,11H,6H2,1H3/t7-,9+/m1/s1. The maximum Gasteiger partial charge on any atom is 0.0700 e. The Morgan fingerprint density at radius 3 is 3.00 bits per heavy atom. The molecular weight excluding hydrogens is 168 g/mol. The van der Waals surface area contributed by atoms with E-state index in [-0.39, 0.29) is 6.10 Å². The first-order valence-electron chi connectivity index (χ1n) is 4.19. The molecule has 0 aromatic heterocycles. The Morgan fingerprint density at radius 1 is 1.42 bits per heavy atom. The second kappa shape index (κ2) is 3.11. The van der Waals surface area contributed by atoms with Crippen LogP contribution in [0.25, 0.3) is 0 Å². The second-order valence-electron chi connectivity index (χ2n) is 3.20. The zero-order valence-electron chi connectivity index (χ0n) is 7.03. The quantitative estimate of drug-likeness (QED) is 0.661. The van der Waals surface area contributed by atoms with Crippen LogP contribution in [0.4, 0.5) is 0 Å². The van der Waals surface area contributed by atoms with Gasteiger partial charge in [0.2, 0.25) is 0 Å². The van der Waals surface area contributed by atoms with Crippen LogP contribution in [0.3, 0.4) is 0 Å². The summed E-state index contributed by atoms with van der Waals surface area (Å²) in [5.41, 5.74) is 1.29. The van der Waals surface area contributed by atoms with Crippen LogP contribution in [-0.2, 0) is 0 Å². The number of benzene rings is 1. The van der Waals surface area contributed by atoms with Crippen LogP contribution in [0.15, 0.2) is 29.2 Å². The fourth-order valence-corrected chi connectivity index (χ4v) is 2.75. The third kappa shape index (κ3) is 1.25. The van der Waals surface area contributed by atoms with E-state index in [1.807, 2.05) is 6.07 Å². The molecule has 0 saturated carbocycles. The molecule has 0 radical (unpaired) electrons. The van der Waals surface area contributed by atoms with Gasteiger partial charge in [0.05, 0.1) is 6.10 Å². The highest BCUT2D eigenvalue weighted by Gasteiger charge is 2.23. The molecule has 12 heavy (non-hydrogen) atoms. The molecule has 1 heterocycles. The topological polar surface area (TPSA) is 20.2 Å². The molecule has 0 bridgehead atoms. The molecular formula is C10H12OS. The Bertz CT molecular complexity index is 285. The Morgan fingerprint density at radius 2 is 2.17 bits per heavy atom. The average Bonchev–Trinajstić information content (AvgIpc) is 2.12. The highest BCUT2D eigenvalue weighted by Crippen LogP contribution is 2.36. The number of aliphatic hydroxyl groups is 1. The van der Waals surface area contributed by atoms with E-state index in [0.717, 1.165) is 5.75 Å². The first-order chi connectivity index (χ1) is 5.79. The molecule has 64 valence electrons. The maximum absolute atomic E-state index is 9.60. The molecule has 0 spiro atoms. The van der Waals surface area contributed by atoms with Crippen molar-refractivity contribution in [3.05, 3.63) is 29.8 Å². The summed E-state index contributed by atoms with van der Waals surface area (Å²) < 4.78 is 0. The fraction of sp³-hybridized carbons (Fsp3) is 0.400. The summed E-state index contributed by atoms with van der Waals surface area (Å²) in [4.78, 5) is 1.33. The summed E-state index contributed by atoms with van der Waals surface area (Å²) in [6, 6.07) is 8.32. The highest BCUT2D eigenvalue weighted by molar-refractivity contribution is 7.99. The fourth-order valence-electron chi connectivity index (χ4n) is 1.51. The molecule has 0 fully saturated rings. The SMILES string of the molecule is C[C@@H]1c2ccccc2SC[C@@H]1O. The highest BCUT2D eigenvalue weighted by atomic mass is 32.2. The summed E-state index contributed by atoms with van der Waals surface area (Å²) in [6.45, 7) is 2.09. The maximum atomic E-state index is 9.60. The normalized spacial score (nSPS) is 28.2. The van der Waals surface area contributed by atoms with Crippen molar-refractivity contribution in [2.45, 2.75) is 23.8 Å². The number of fused-ring (bicyclic) bond motifs is 1. The van der Waals surface area contributed by atoms with Gasteiger partial charge in [-0.05, 0) is 11.6 Å². The van der Waals surface area contributed by atoms with Crippen molar-refractivity contribution in [1.29, 1.82) is 0 Å². The molecule has 1 aliphatic heterocycles. The minimum atomic E-state index is -0.176. The Kier molecular flexibility index (Phi) is 2.11. The molecule has 1 nitrogen and oxygen atoms in total. The van der Waals surface area contributed by atoms with Gasteiger partial charge in [-0.3, -0.25) is 0 Å². The molecule has 1 aliphatic rings. The lowest BCUT2D eigenvalue weighted by molar-refractivity contribution is 0.170. The average molecular weight is 180 g/mol. The number of hydrogen-bond acceptors (Lipinski definition) is 2. The van der Waals surface area contributed by atoms with Gasteiger partial charge < -0.3 is 5.11 Å². The van der Waals surface area contributed by atoms with Crippen LogP contribution >= 0.6 is 11.8 Å². The molecule has 0 aliphatic carbocycles. The number of hydrogen-bond donors (Lipinski definition) is 1. The van der Waals surface area contributed by atoms with Crippen molar-refractivity contribution in [3.63, 3.8) is 0 Å². The van der Waals surface area contributed by atoms with E-state index in [9.17, 15) is 5.11 Å². The van der Waals surface area contributed by atoms with Crippen molar-refractivity contribution in [2.75, 3.05) is 5.75 Å². The van der Waals surface area contributed by atoms with Gasteiger partial charge in [0, 0.05) is 16.6 Å². The van der Waals surface area contributed by atoms with Crippen LogP contribution in [0.2, 0.25) is 0 Å². The predicted octanol–water partition coefficient (Wildman–Crippen LogP) is 2.26. The van der Waals surface area contributed by atoms with Crippen LogP contribution < -0.4 is 0 Å². The van der Waals surface area contributed by atoms with Crippen molar-refractivity contribution in [3.8, 4) is 0 Å². The summed E-state index contributed by atoms with van der Waals surface area (Å²) in [5, 5.41) is 9.60. The van der Waals surface area contributed by atoms with Crippen molar-refractivity contribution in [1.82, 2.24) is 0 Å². The molecule has 1 N–H and O–H groups in total. The molecule has 2 rings (SSSR count). The van der Waals surface area contributed by atoms with Gasteiger partial charge in [0.25, 0.3) is 0 Å². The Balaban J connectivity index is 2.42. The van der Waals surface area contributed by atoms with Crippen molar-refractivity contribution >= 4 is 11.8 Å². The van der Waals surface area contributed by atoms with E-state index in [2.05, 4.69) is 25.1 Å². The minimum absolute atomic E-state index is 0.176. The molecule has 1 aromatic rings. The molecule has 2 heteroatoms. The van der Waals surface area contributed by atoms with E-state index in [0.29, 0.717) is 5.92 Å². The summed E-state index contributed by atoms with van der Waals surface area (Å²) >= 11 is 1.75. The molecule has 1 aromatic carbocycles. The smallest absolute Gasteiger partial charge is 0.0700 e. The second-order valence-corrected chi connectivity index (χ2v) is 4.27. The molecule has 0 amide bonds. The van der Waals surface area contributed by atoms with Crippen LogP contribution in [-0.4, -0.2) is 17.0 Å². The lowest BCUT2D eigenvalue weighted by Crippen LogP contribution is -2.22. The monoisotopic (exact) mass is 180 g/mol. The summed E-state index contributed by atoms with van der Waals surface area (Å²) in [5.74, 6) is 1.13. The third-order valence-corrected chi connectivity index (χ3v) is 3.59. The van der Waals surface area contributed by atoms with E-state index < -0.39 is 0 Å². The van der Waals surface area contributed by atoms with Gasteiger partial charge in [-0.25, -0.2) is 0 Å². The van der Waals surface area contributed by atoms with Gasteiger partial charge in [0.15, 0.2) is 0 Å². The minimum Gasteiger partial charge on any atom is -0.392 e. The molecule has 0 unspecified atom stereocenters. The van der Waals surface area contributed by atoms with E-state index in [1.165, 1.54) is 10.5 Å². The largest absolute Gasteiger partial charge is 0.392 e. The summed E-state index contributed by atoms with van der Waals surface area (Å²) in [6.07, 6.45) is -0.176. The third-order valence-electron chi connectivity index (χ3n) is 2.40. The first-order valence-corrected chi connectivity index (χ1v) is 5.17. The van der Waals surface area contributed by atoms with E-state index >= 15 is 0 Å². The van der Waals surface area contributed by atoms with E-state index in [4.69, 9.17) is 0 Å². The first kappa shape index (κ1) is 8.14. The predicted molar refractivity (Wildman–Crippen MR) is 51.6 cm³/mol. The number of rotatable bonds is 0. The van der Waals surface area contributed by atoms with Gasteiger partial charge in [-0.1, -0.05) is 25.1 Å². The lowest BCUT2D eigenvalue weighted by Gasteiger charge is -2.26. The molecule has 2 atom stereocenters. The van der Waals surface area contributed by atoms with E-state index in [1.54, 1.807) is 11.8 Å². The van der Waals surface area contributed by atoms with Crippen molar-refractivity contribution in [2.24, 2.45) is 0 Å². The molecule has 0 saturated heterocycles. The van der Waals surface area contributed by atoms with Crippen LogP contribution in [0, 0.1) is 0 Å². The number of aliphatic hydroxyl groups excluding tert-OH is 1. The van der Waals surface area contributed by atoms with Crippen LogP contribution in [0.5, 0.6) is 0 Å². The van der Waals surface area contributed by atoms with Gasteiger partial charge in [0.1, 0.15) is 0 Å². The zero-order chi connectivity index (χ0) is 8.55. The lowest BCUT2D eigenvalue weighted by atomic mass is 9.96. The van der Waals surface area contributed by atoms with Gasteiger partial charge in [-0.15, -0.1) is 11.8 Å². The van der Waals surface area contributed by atoms with Gasteiger partial charge >= 0.3 is 0 Å². The zero-order valence-corrected chi connectivity index (χ0v) is 7.84.